The number of carboxylic acid groups (broad SMARTS) is 1. The van der Waals surface area contributed by atoms with Crippen LogP contribution < -0.4 is 5.32 Å². The molecule has 5 heteroatoms. The Morgan fingerprint density at radius 3 is 2.47 bits per heavy atom. The van der Waals surface area contributed by atoms with Gasteiger partial charge >= 0.3 is 5.97 Å². The van der Waals surface area contributed by atoms with Crippen molar-refractivity contribution in [3.05, 3.63) is 0 Å². The van der Waals surface area contributed by atoms with Gasteiger partial charge < -0.3 is 15.3 Å². The fourth-order valence-electron chi connectivity index (χ4n) is 2.32. The van der Waals surface area contributed by atoms with Crippen molar-refractivity contribution >= 4 is 11.9 Å². The molecule has 0 radical (unpaired) electrons. The van der Waals surface area contributed by atoms with E-state index in [0.717, 1.165) is 19.4 Å². The molecule has 1 atom stereocenters. The highest BCUT2D eigenvalue weighted by Crippen LogP contribution is 2.32. The van der Waals surface area contributed by atoms with Gasteiger partial charge in [-0.25, -0.2) is 0 Å². The minimum atomic E-state index is -0.954. The van der Waals surface area contributed by atoms with Crippen LogP contribution in [0.25, 0.3) is 0 Å². The number of nitrogens with one attached hydrogen (secondary N) is 1. The Labute approximate surface area is 102 Å². The zero-order chi connectivity index (χ0) is 13.1. The molecule has 0 bridgehead atoms. The summed E-state index contributed by atoms with van der Waals surface area (Å²) in [7, 11) is 0. The number of aliphatic carboxylic acids is 1. The molecular weight excluding hydrogens is 220 g/mol. The standard InChI is InChI=1S/C12H22N2O3/c1-4-12(5-6-13-8-12)11(17)14(9(2)3)7-10(15)16/h9,13H,4-8H2,1-3H3,(H,15,16). The molecule has 1 rings (SSSR count). The lowest BCUT2D eigenvalue weighted by Crippen LogP contribution is -2.49. The minimum Gasteiger partial charge on any atom is -0.480 e. The van der Waals surface area contributed by atoms with E-state index in [9.17, 15) is 9.59 Å². The predicted octanol–water partition coefficient (Wildman–Crippen LogP) is 0.698. The number of hydrogen-bond acceptors (Lipinski definition) is 3. The average Bonchev–Trinajstić information content (AvgIpc) is 2.74. The second kappa shape index (κ2) is 5.49. The van der Waals surface area contributed by atoms with Gasteiger partial charge in [-0.3, -0.25) is 9.59 Å². The van der Waals surface area contributed by atoms with Crippen LogP contribution in [-0.2, 0) is 9.59 Å². The third-order valence-corrected chi connectivity index (χ3v) is 3.56. The summed E-state index contributed by atoms with van der Waals surface area (Å²) < 4.78 is 0. The summed E-state index contributed by atoms with van der Waals surface area (Å²) >= 11 is 0. The highest BCUT2D eigenvalue weighted by Gasteiger charge is 2.42. The number of nitrogens with zero attached hydrogens (tertiary/aromatic N) is 1. The van der Waals surface area contributed by atoms with Gasteiger partial charge in [0.25, 0.3) is 0 Å². The molecule has 2 N–H and O–H groups in total. The molecule has 1 aliphatic rings. The lowest BCUT2D eigenvalue weighted by atomic mass is 9.82. The molecule has 0 aromatic rings. The maximum atomic E-state index is 12.5. The second-order valence-electron chi connectivity index (χ2n) is 4.98. The SMILES string of the molecule is CCC1(C(=O)N(CC(=O)O)C(C)C)CCNC1. The summed E-state index contributed by atoms with van der Waals surface area (Å²) in [6, 6.07) is -0.0809. The first-order valence-electron chi connectivity index (χ1n) is 6.16. The van der Waals surface area contributed by atoms with E-state index in [2.05, 4.69) is 5.32 Å². The summed E-state index contributed by atoms with van der Waals surface area (Å²) in [6.07, 6.45) is 1.55. The second-order valence-corrected chi connectivity index (χ2v) is 4.98. The van der Waals surface area contributed by atoms with Crippen LogP contribution in [0.4, 0.5) is 0 Å². The number of carbonyl (C=O) groups is 2. The topological polar surface area (TPSA) is 69.6 Å². The lowest BCUT2D eigenvalue weighted by molar-refractivity contribution is -0.151. The van der Waals surface area contributed by atoms with Crippen LogP contribution in [0.1, 0.15) is 33.6 Å². The smallest absolute Gasteiger partial charge is 0.323 e. The summed E-state index contributed by atoms with van der Waals surface area (Å²) in [5.41, 5.74) is -0.403. The van der Waals surface area contributed by atoms with E-state index in [0.29, 0.717) is 6.54 Å². The lowest BCUT2D eigenvalue weighted by Gasteiger charge is -2.34. The van der Waals surface area contributed by atoms with E-state index in [1.54, 1.807) is 0 Å². The Morgan fingerprint density at radius 1 is 1.47 bits per heavy atom. The number of amides is 1. The minimum absolute atomic E-state index is 0.0256. The number of hydrogen-bond donors (Lipinski definition) is 2. The van der Waals surface area contributed by atoms with Crippen molar-refractivity contribution in [2.75, 3.05) is 19.6 Å². The van der Waals surface area contributed by atoms with Crippen LogP contribution in [0.15, 0.2) is 0 Å². The maximum Gasteiger partial charge on any atom is 0.323 e. The van der Waals surface area contributed by atoms with Crippen LogP contribution in [0.3, 0.4) is 0 Å². The first kappa shape index (κ1) is 14.0. The van der Waals surface area contributed by atoms with E-state index < -0.39 is 11.4 Å². The molecule has 1 heterocycles. The summed E-state index contributed by atoms with van der Waals surface area (Å²) in [4.78, 5) is 24.8. The van der Waals surface area contributed by atoms with E-state index in [-0.39, 0.29) is 18.5 Å². The van der Waals surface area contributed by atoms with Crippen LogP contribution in [0, 0.1) is 5.41 Å². The Hall–Kier alpha value is -1.10. The van der Waals surface area contributed by atoms with Gasteiger partial charge in [0.1, 0.15) is 6.54 Å². The Morgan fingerprint density at radius 2 is 2.12 bits per heavy atom. The third-order valence-electron chi connectivity index (χ3n) is 3.56. The molecule has 0 aliphatic carbocycles. The molecule has 0 aromatic heterocycles. The summed E-state index contributed by atoms with van der Waals surface area (Å²) in [6.45, 7) is 6.98. The number of carbonyl (C=O) groups excluding carboxylic acids is 1. The van der Waals surface area contributed by atoms with E-state index >= 15 is 0 Å². The normalized spacial score (nSPS) is 24.0. The summed E-state index contributed by atoms with van der Waals surface area (Å²) in [5.74, 6) is -0.980. The highest BCUT2D eigenvalue weighted by molar-refractivity contribution is 5.86. The van der Waals surface area contributed by atoms with E-state index in [1.165, 1.54) is 4.90 Å². The number of rotatable bonds is 5. The molecule has 5 nitrogen and oxygen atoms in total. The van der Waals surface area contributed by atoms with Crippen molar-refractivity contribution in [3.8, 4) is 0 Å². The molecule has 0 spiro atoms. The van der Waals surface area contributed by atoms with Gasteiger partial charge in [0, 0.05) is 12.6 Å². The summed E-state index contributed by atoms with van der Waals surface area (Å²) in [5, 5.41) is 12.1. The fraction of sp³-hybridized carbons (Fsp3) is 0.833. The van der Waals surface area contributed by atoms with E-state index in [1.807, 2.05) is 20.8 Å². The van der Waals surface area contributed by atoms with Gasteiger partial charge in [-0.15, -0.1) is 0 Å². The zero-order valence-electron chi connectivity index (χ0n) is 10.8. The molecule has 1 fully saturated rings. The quantitative estimate of drug-likeness (QED) is 0.744. The van der Waals surface area contributed by atoms with Crippen LogP contribution in [-0.4, -0.2) is 47.6 Å². The van der Waals surface area contributed by atoms with Crippen molar-refractivity contribution in [3.63, 3.8) is 0 Å². The first-order chi connectivity index (χ1) is 7.93. The maximum absolute atomic E-state index is 12.5. The van der Waals surface area contributed by atoms with Gasteiger partial charge in [0.15, 0.2) is 0 Å². The Bertz CT molecular complexity index is 296. The van der Waals surface area contributed by atoms with Crippen molar-refractivity contribution in [1.29, 1.82) is 0 Å². The molecule has 17 heavy (non-hydrogen) atoms. The van der Waals surface area contributed by atoms with E-state index in [4.69, 9.17) is 5.11 Å². The van der Waals surface area contributed by atoms with Gasteiger partial charge in [0.2, 0.25) is 5.91 Å². The average molecular weight is 242 g/mol. The monoisotopic (exact) mass is 242 g/mol. The van der Waals surface area contributed by atoms with Gasteiger partial charge in [0.05, 0.1) is 5.41 Å². The molecule has 1 unspecified atom stereocenters. The fourth-order valence-corrected chi connectivity index (χ4v) is 2.32. The van der Waals surface area contributed by atoms with Gasteiger partial charge in [-0.05, 0) is 33.2 Å². The zero-order valence-corrected chi connectivity index (χ0v) is 10.8. The van der Waals surface area contributed by atoms with Gasteiger partial charge in [-0.2, -0.15) is 0 Å². The Balaban J connectivity index is 2.86. The third kappa shape index (κ3) is 2.97. The van der Waals surface area contributed by atoms with Crippen LogP contribution >= 0.6 is 0 Å². The first-order valence-corrected chi connectivity index (χ1v) is 6.16. The predicted molar refractivity (Wildman–Crippen MR) is 64.7 cm³/mol. The number of carboxylic acids is 1. The van der Waals surface area contributed by atoms with Crippen LogP contribution in [0.5, 0.6) is 0 Å². The molecule has 98 valence electrons. The molecule has 1 saturated heterocycles. The molecule has 1 amide bonds. The highest BCUT2D eigenvalue weighted by atomic mass is 16.4. The Kier molecular flexibility index (Phi) is 4.51. The van der Waals surface area contributed by atoms with Crippen molar-refractivity contribution < 1.29 is 14.7 Å². The van der Waals surface area contributed by atoms with Crippen molar-refractivity contribution in [2.24, 2.45) is 5.41 Å². The van der Waals surface area contributed by atoms with Gasteiger partial charge in [-0.1, -0.05) is 6.92 Å². The molecular formula is C12H22N2O3. The molecule has 0 aromatic carbocycles. The molecule has 1 aliphatic heterocycles. The largest absolute Gasteiger partial charge is 0.480 e. The van der Waals surface area contributed by atoms with Crippen molar-refractivity contribution in [2.45, 2.75) is 39.7 Å². The van der Waals surface area contributed by atoms with Crippen molar-refractivity contribution in [1.82, 2.24) is 10.2 Å². The van der Waals surface area contributed by atoms with Crippen LogP contribution in [0.2, 0.25) is 0 Å². The molecule has 0 saturated carbocycles.